The second-order valence-electron chi connectivity index (χ2n) is 5.06. The Morgan fingerprint density at radius 1 is 1.48 bits per heavy atom. The van der Waals surface area contributed by atoms with E-state index in [1.54, 1.807) is 36.1 Å². The molecule has 0 aromatic heterocycles. The Labute approximate surface area is 128 Å². The van der Waals surface area contributed by atoms with Crippen LogP contribution in [0.1, 0.15) is 30.6 Å². The van der Waals surface area contributed by atoms with E-state index < -0.39 is 12.1 Å². The fourth-order valence-corrected chi connectivity index (χ4v) is 2.74. The van der Waals surface area contributed by atoms with E-state index in [9.17, 15) is 14.4 Å². The summed E-state index contributed by atoms with van der Waals surface area (Å²) in [5.74, 6) is -0.881. The van der Waals surface area contributed by atoms with E-state index in [-0.39, 0.29) is 24.1 Å². The molecular weight excluding hydrogens is 292 g/mol. The number of halogens is 1. The molecule has 2 unspecified atom stereocenters. The first-order chi connectivity index (χ1) is 9.93. The van der Waals surface area contributed by atoms with Gasteiger partial charge in [0.05, 0.1) is 18.6 Å². The number of hydrogen-bond acceptors (Lipinski definition) is 4. The molecule has 1 aliphatic rings. The molecule has 0 saturated carbocycles. The van der Waals surface area contributed by atoms with Gasteiger partial charge in [-0.2, -0.15) is 0 Å². The van der Waals surface area contributed by atoms with Crippen LogP contribution in [0.15, 0.2) is 24.3 Å². The SMILES string of the molecule is CCC1C(=O)NC(=O)CN1C(C)C(=O)c1cccc(Cl)c1. The molecule has 2 atom stereocenters. The molecule has 0 radical (unpaired) electrons. The highest BCUT2D eigenvalue weighted by atomic mass is 35.5. The molecule has 1 aliphatic heterocycles. The van der Waals surface area contributed by atoms with Gasteiger partial charge in [-0.1, -0.05) is 30.7 Å². The molecule has 1 heterocycles. The van der Waals surface area contributed by atoms with Crippen LogP contribution in [0, 0.1) is 0 Å². The first kappa shape index (κ1) is 15.7. The summed E-state index contributed by atoms with van der Waals surface area (Å²) in [6.45, 7) is 3.60. The van der Waals surface area contributed by atoms with Crippen molar-refractivity contribution < 1.29 is 14.4 Å². The Kier molecular flexibility index (Phi) is 4.75. The molecule has 112 valence electrons. The summed E-state index contributed by atoms with van der Waals surface area (Å²) in [6.07, 6.45) is 0.534. The standard InChI is InChI=1S/C15H17ClN2O3/c1-3-12-15(21)17-13(19)8-18(12)9(2)14(20)10-5-4-6-11(16)7-10/h4-7,9,12H,3,8H2,1-2H3,(H,17,19,21). The smallest absolute Gasteiger partial charge is 0.243 e. The molecule has 21 heavy (non-hydrogen) atoms. The zero-order chi connectivity index (χ0) is 15.6. The molecule has 2 rings (SSSR count). The van der Waals surface area contributed by atoms with Crippen molar-refractivity contribution in [1.82, 2.24) is 10.2 Å². The van der Waals surface area contributed by atoms with Crippen LogP contribution in [0.3, 0.4) is 0 Å². The van der Waals surface area contributed by atoms with Gasteiger partial charge in [-0.25, -0.2) is 0 Å². The van der Waals surface area contributed by atoms with E-state index >= 15 is 0 Å². The van der Waals surface area contributed by atoms with Gasteiger partial charge in [-0.15, -0.1) is 0 Å². The van der Waals surface area contributed by atoms with Crippen LogP contribution in [0.4, 0.5) is 0 Å². The van der Waals surface area contributed by atoms with Gasteiger partial charge in [0.15, 0.2) is 5.78 Å². The van der Waals surface area contributed by atoms with Gasteiger partial charge < -0.3 is 0 Å². The third-order valence-electron chi connectivity index (χ3n) is 3.66. The van der Waals surface area contributed by atoms with Gasteiger partial charge in [0.2, 0.25) is 11.8 Å². The highest BCUT2D eigenvalue weighted by Crippen LogP contribution is 2.18. The number of ketones is 1. The third kappa shape index (κ3) is 3.31. The van der Waals surface area contributed by atoms with E-state index in [4.69, 9.17) is 11.6 Å². The molecule has 0 aliphatic carbocycles. The number of nitrogens with zero attached hydrogens (tertiary/aromatic N) is 1. The monoisotopic (exact) mass is 308 g/mol. The summed E-state index contributed by atoms with van der Waals surface area (Å²) < 4.78 is 0. The number of amides is 2. The van der Waals surface area contributed by atoms with Crippen molar-refractivity contribution in [3.05, 3.63) is 34.9 Å². The lowest BCUT2D eigenvalue weighted by molar-refractivity contribution is -0.140. The number of carbonyl (C=O) groups is 3. The number of hydrogen-bond donors (Lipinski definition) is 1. The summed E-state index contributed by atoms with van der Waals surface area (Å²) in [5, 5.41) is 2.78. The second-order valence-corrected chi connectivity index (χ2v) is 5.50. The zero-order valence-electron chi connectivity index (χ0n) is 11.9. The highest BCUT2D eigenvalue weighted by Gasteiger charge is 2.37. The number of nitrogens with one attached hydrogen (secondary N) is 1. The topological polar surface area (TPSA) is 66.5 Å². The number of benzene rings is 1. The van der Waals surface area contributed by atoms with E-state index in [2.05, 4.69) is 5.32 Å². The van der Waals surface area contributed by atoms with Crippen LogP contribution in [-0.2, 0) is 9.59 Å². The Bertz CT molecular complexity index is 588. The molecule has 5 nitrogen and oxygen atoms in total. The number of carbonyl (C=O) groups excluding carboxylic acids is 3. The fraction of sp³-hybridized carbons (Fsp3) is 0.400. The number of piperazine rings is 1. The molecule has 1 saturated heterocycles. The third-order valence-corrected chi connectivity index (χ3v) is 3.90. The van der Waals surface area contributed by atoms with E-state index in [0.29, 0.717) is 17.0 Å². The zero-order valence-corrected chi connectivity index (χ0v) is 12.7. The second kappa shape index (κ2) is 6.37. The van der Waals surface area contributed by atoms with Crippen molar-refractivity contribution in [2.75, 3.05) is 6.54 Å². The Hall–Kier alpha value is -1.72. The average molecular weight is 309 g/mol. The van der Waals surface area contributed by atoms with Gasteiger partial charge in [0.25, 0.3) is 0 Å². The predicted molar refractivity (Wildman–Crippen MR) is 79.2 cm³/mol. The summed E-state index contributed by atoms with van der Waals surface area (Å²) in [5.41, 5.74) is 0.475. The molecule has 0 bridgehead atoms. The predicted octanol–water partition coefficient (Wildman–Crippen LogP) is 1.65. The average Bonchev–Trinajstić information content (AvgIpc) is 2.45. The summed E-state index contributed by atoms with van der Waals surface area (Å²) in [4.78, 5) is 37.6. The number of rotatable bonds is 4. The van der Waals surface area contributed by atoms with Crippen LogP contribution in [0.5, 0.6) is 0 Å². The lowest BCUT2D eigenvalue weighted by atomic mass is 10.00. The van der Waals surface area contributed by atoms with Crippen molar-refractivity contribution in [3.63, 3.8) is 0 Å². The van der Waals surface area contributed by atoms with Crippen molar-refractivity contribution in [1.29, 1.82) is 0 Å². The van der Waals surface area contributed by atoms with E-state index in [1.807, 2.05) is 6.92 Å². The molecular formula is C15H17ClN2O3. The molecule has 1 N–H and O–H groups in total. The van der Waals surface area contributed by atoms with Gasteiger partial charge in [0.1, 0.15) is 0 Å². The van der Waals surface area contributed by atoms with Crippen molar-refractivity contribution in [3.8, 4) is 0 Å². The quantitative estimate of drug-likeness (QED) is 0.678. The molecule has 1 aromatic carbocycles. The maximum atomic E-state index is 12.5. The van der Waals surface area contributed by atoms with Crippen molar-refractivity contribution in [2.24, 2.45) is 0 Å². The van der Waals surface area contributed by atoms with Gasteiger partial charge in [-0.05, 0) is 25.5 Å². The molecule has 1 aromatic rings. The normalized spacial score (nSPS) is 21.0. The van der Waals surface area contributed by atoms with Crippen LogP contribution in [0.2, 0.25) is 5.02 Å². The van der Waals surface area contributed by atoms with Gasteiger partial charge in [0, 0.05) is 10.6 Å². The maximum Gasteiger partial charge on any atom is 0.243 e. The molecule has 2 amide bonds. The first-order valence-electron chi connectivity index (χ1n) is 6.83. The van der Waals surface area contributed by atoms with Gasteiger partial charge >= 0.3 is 0 Å². The number of imide groups is 1. The lowest BCUT2D eigenvalue weighted by Crippen LogP contribution is -2.61. The summed E-state index contributed by atoms with van der Waals surface area (Å²) in [6, 6.07) is 5.62. The van der Waals surface area contributed by atoms with E-state index in [0.717, 1.165) is 0 Å². The molecule has 1 fully saturated rings. The largest absolute Gasteiger partial charge is 0.294 e. The molecule has 6 heteroatoms. The Balaban J connectivity index is 2.24. The van der Waals surface area contributed by atoms with Crippen LogP contribution in [-0.4, -0.2) is 41.1 Å². The summed E-state index contributed by atoms with van der Waals surface area (Å²) in [7, 11) is 0. The van der Waals surface area contributed by atoms with Crippen LogP contribution < -0.4 is 5.32 Å². The highest BCUT2D eigenvalue weighted by molar-refractivity contribution is 6.31. The van der Waals surface area contributed by atoms with Crippen molar-refractivity contribution >= 4 is 29.2 Å². The van der Waals surface area contributed by atoms with E-state index in [1.165, 1.54) is 0 Å². The van der Waals surface area contributed by atoms with Crippen LogP contribution in [0.25, 0.3) is 0 Å². The van der Waals surface area contributed by atoms with Gasteiger partial charge in [-0.3, -0.25) is 24.6 Å². The minimum Gasteiger partial charge on any atom is -0.294 e. The minimum atomic E-state index is -0.566. The van der Waals surface area contributed by atoms with Crippen LogP contribution >= 0.6 is 11.6 Å². The maximum absolute atomic E-state index is 12.5. The Morgan fingerprint density at radius 2 is 2.19 bits per heavy atom. The Morgan fingerprint density at radius 3 is 2.81 bits per heavy atom. The fourth-order valence-electron chi connectivity index (χ4n) is 2.55. The minimum absolute atomic E-state index is 0.0394. The van der Waals surface area contributed by atoms with Crippen molar-refractivity contribution in [2.45, 2.75) is 32.4 Å². The summed E-state index contributed by atoms with van der Waals surface area (Å²) >= 11 is 5.90. The lowest BCUT2D eigenvalue weighted by Gasteiger charge is -2.36. The number of Topliss-reactive ketones (excluding diaryl/α,β-unsaturated/α-hetero) is 1. The first-order valence-corrected chi connectivity index (χ1v) is 7.21. The molecule has 0 spiro atoms.